The number of carbonyl (C=O) groups is 2. The summed E-state index contributed by atoms with van der Waals surface area (Å²) in [6.45, 7) is 4.79. The summed E-state index contributed by atoms with van der Waals surface area (Å²) < 4.78 is 5.41. The van der Waals surface area contributed by atoms with Crippen LogP contribution in [0.3, 0.4) is 0 Å². The molecule has 0 bridgehead atoms. The maximum atomic E-state index is 12.6. The van der Waals surface area contributed by atoms with Crippen molar-refractivity contribution in [2.75, 3.05) is 26.7 Å². The molecule has 0 radical (unpaired) electrons. The monoisotopic (exact) mass is 447 g/mol. The lowest BCUT2D eigenvalue weighted by molar-refractivity contribution is -0.123. The largest absolute Gasteiger partial charge is 0.484 e. The Morgan fingerprint density at radius 2 is 1.73 bits per heavy atom. The van der Waals surface area contributed by atoms with Gasteiger partial charge in [0.1, 0.15) is 5.75 Å². The van der Waals surface area contributed by atoms with Gasteiger partial charge in [0.2, 0.25) is 0 Å². The molecule has 1 saturated heterocycles. The molecule has 1 atom stereocenters. The molecule has 1 heterocycles. The van der Waals surface area contributed by atoms with Gasteiger partial charge in [-0.25, -0.2) is 4.79 Å². The molecule has 0 unspecified atom stereocenters. The Morgan fingerprint density at radius 1 is 1.13 bits per heavy atom. The zero-order valence-corrected chi connectivity index (χ0v) is 18.1. The fourth-order valence-corrected chi connectivity index (χ4v) is 3.44. The molecular formula is C22H23Cl2N3O3. The molecule has 1 aliphatic rings. The Hall–Kier alpha value is -2.70. The fourth-order valence-electron chi connectivity index (χ4n) is 3.19. The molecule has 30 heavy (non-hydrogen) atoms. The first-order chi connectivity index (χ1) is 14.3. The van der Waals surface area contributed by atoms with E-state index in [1.165, 1.54) is 0 Å². The van der Waals surface area contributed by atoms with Gasteiger partial charge in [-0.2, -0.15) is 0 Å². The van der Waals surface area contributed by atoms with E-state index in [1.54, 1.807) is 41.1 Å². The standard InChI is InChI=1S/C22H23Cl2N3O3/c1-15(11-12-25-21(28)14-30-19-9-7-18(24)8-10-19)27-13-20(26(2)22(27)29)16-3-5-17(23)6-4-16/h3-10,20H,1,11-14H2,2H3,(H,25,28)/t20-/m0/s1. The number of urea groups is 1. The Kier molecular flexibility index (Phi) is 7.24. The Bertz CT molecular complexity index is 916. The maximum Gasteiger partial charge on any atom is 0.324 e. The smallest absolute Gasteiger partial charge is 0.324 e. The number of benzene rings is 2. The van der Waals surface area contributed by atoms with Crippen LogP contribution in [0.2, 0.25) is 10.0 Å². The van der Waals surface area contributed by atoms with Crippen LogP contribution in [0, 0.1) is 0 Å². The van der Waals surface area contributed by atoms with Crippen molar-refractivity contribution in [2.45, 2.75) is 12.5 Å². The average molecular weight is 448 g/mol. The van der Waals surface area contributed by atoms with Crippen LogP contribution in [0.25, 0.3) is 0 Å². The molecule has 0 saturated carbocycles. The van der Waals surface area contributed by atoms with Crippen molar-refractivity contribution >= 4 is 35.1 Å². The summed E-state index contributed by atoms with van der Waals surface area (Å²) in [7, 11) is 1.77. The highest BCUT2D eigenvalue weighted by molar-refractivity contribution is 6.30. The first-order valence-electron chi connectivity index (χ1n) is 9.48. The molecule has 8 heteroatoms. The minimum absolute atomic E-state index is 0.0751. The third-order valence-corrected chi connectivity index (χ3v) is 5.42. The van der Waals surface area contributed by atoms with Gasteiger partial charge >= 0.3 is 6.03 Å². The predicted molar refractivity (Wildman–Crippen MR) is 118 cm³/mol. The summed E-state index contributed by atoms with van der Waals surface area (Å²) in [6, 6.07) is 14.1. The number of halogens is 2. The number of likely N-dealkylation sites (N-methyl/N-ethyl adjacent to an activating group) is 1. The Morgan fingerprint density at radius 3 is 2.37 bits per heavy atom. The fraction of sp³-hybridized carbons (Fsp3) is 0.273. The Labute approximate surface area is 186 Å². The summed E-state index contributed by atoms with van der Waals surface area (Å²) in [6.07, 6.45) is 0.458. The normalized spacial score (nSPS) is 16.0. The van der Waals surface area contributed by atoms with Crippen molar-refractivity contribution in [3.63, 3.8) is 0 Å². The van der Waals surface area contributed by atoms with Gasteiger partial charge < -0.3 is 15.0 Å². The summed E-state index contributed by atoms with van der Waals surface area (Å²) in [5.41, 5.74) is 1.67. The van der Waals surface area contributed by atoms with E-state index in [-0.39, 0.29) is 24.6 Å². The van der Waals surface area contributed by atoms with E-state index in [4.69, 9.17) is 27.9 Å². The van der Waals surface area contributed by atoms with Crippen LogP contribution in [0.15, 0.2) is 60.8 Å². The van der Waals surface area contributed by atoms with Crippen LogP contribution in [0.1, 0.15) is 18.0 Å². The molecule has 3 amide bonds. The number of nitrogens with zero attached hydrogens (tertiary/aromatic N) is 2. The van der Waals surface area contributed by atoms with E-state index in [1.807, 2.05) is 24.3 Å². The number of hydrogen-bond donors (Lipinski definition) is 1. The number of hydrogen-bond acceptors (Lipinski definition) is 3. The van der Waals surface area contributed by atoms with Crippen LogP contribution < -0.4 is 10.1 Å². The quantitative estimate of drug-likeness (QED) is 0.647. The minimum Gasteiger partial charge on any atom is -0.484 e. The highest BCUT2D eigenvalue weighted by atomic mass is 35.5. The van der Waals surface area contributed by atoms with Crippen molar-refractivity contribution in [1.82, 2.24) is 15.1 Å². The molecule has 3 rings (SSSR count). The number of carbonyl (C=O) groups excluding carboxylic acids is 2. The van der Waals surface area contributed by atoms with E-state index in [0.29, 0.717) is 41.0 Å². The summed E-state index contributed by atoms with van der Waals surface area (Å²) in [5.74, 6) is 0.319. The zero-order valence-electron chi connectivity index (χ0n) is 16.6. The van der Waals surface area contributed by atoms with Gasteiger partial charge in [0.25, 0.3) is 5.91 Å². The van der Waals surface area contributed by atoms with Crippen LogP contribution in [0.5, 0.6) is 5.75 Å². The summed E-state index contributed by atoms with van der Waals surface area (Å²) in [5, 5.41) is 4.03. The van der Waals surface area contributed by atoms with E-state index in [2.05, 4.69) is 11.9 Å². The second kappa shape index (κ2) is 9.87. The second-order valence-electron chi connectivity index (χ2n) is 6.98. The second-order valence-corrected chi connectivity index (χ2v) is 7.85. The van der Waals surface area contributed by atoms with Crippen molar-refractivity contribution in [2.24, 2.45) is 0 Å². The van der Waals surface area contributed by atoms with Crippen molar-refractivity contribution in [3.05, 3.63) is 76.4 Å². The lowest BCUT2D eigenvalue weighted by Gasteiger charge is -2.18. The van der Waals surface area contributed by atoms with Gasteiger partial charge in [0.15, 0.2) is 6.61 Å². The number of rotatable bonds is 8. The molecule has 6 nitrogen and oxygen atoms in total. The molecule has 0 spiro atoms. The first-order valence-corrected chi connectivity index (χ1v) is 10.2. The predicted octanol–water partition coefficient (Wildman–Crippen LogP) is 4.50. The third kappa shape index (κ3) is 5.46. The molecule has 1 fully saturated rings. The van der Waals surface area contributed by atoms with Crippen LogP contribution in [-0.4, -0.2) is 48.5 Å². The van der Waals surface area contributed by atoms with Gasteiger partial charge in [-0.15, -0.1) is 0 Å². The van der Waals surface area contributed by atoms with E-state index < -0.39 is 0 Å². The summed E-state index contributed by atoms with van der Waals surface area (Å²) in [4.78, 5) is 27.9. The molecule has 158 valence electrons. The van der Waals surface area contributed by atoms with Crippen LogP contribution in [-0.2, 0) is 4.79 Å². The summed E-state index contributed by atoms with van der Waals surface area (Å²) >= 11 is 11.8. The van der Waals surface area contributed by atoms with Gasteiger partial charge in [-0.1, -0.05) is 41.9 Å². The van der Waals surface area contributed by atoms with Gasteiger partial charge in [0.05, 0.1) is 12.6 Å². The minimum atomic E-state index is -0.248. The lowest BCUT2D eigenvalue weighted by atomic mass is 10.1. The molecule has 1 aliphatic heterocycles. The maximum absolute atomic E-state index is 12.6. The molecule has 1 N–H and O–H groups in total. The topological polar surface area (TPSA) is 61.9 Å². The van der Waals surface area contributed by atoms with Crippen LogP contribution >= 0.6 is 23.2 Å². The van der Waals surface area contributed by atoms with Crippen molar-refractivity contribution < 1.29 is 14.3 Å². The number of ether oxygens (including phenoxy) is 1. The van der Waals surface area contributed by atoms with E-state index in [9.17, 15) is 9.59 Å². The average Bonchev–Trinajstić information content (AvgIpc) is 3.03. The highest BCUT2D eigenvalue weighted by Crippen LogP contribution is 2.31. The Balaban J connectivity index is 1.45. The van der Waals surface area contributed by atoms with Crippen molar-refractivity contribution in [3.8, 4) is 5.75 Å². The highest BCUT2D eigenvalue weighted by Gasteiger charge is 2.36. The lowest BCUT2D eigenvalue weighted by Crippen LogP contribution is -2.33. The van der Waals surface area contributed by atoms with Gasteiger partial charge in [-0.05, 0) is 42.0 Å². The third-order valence-electron chi connectivity index (χ3n) is 4.91. The first kappa shape index (κ1) is 22.0. The number of amides is 3. The van der Waals surface area contributed by atoms with Gasteiger partial charge in [0, 0.05) is 35.8 Å². The van der Waals surface area contributed by atoms with Gasteiger partial charge in [-0.3, -0.25) is 9.69 Å². The molecule has 2 aromatic carbocycles. The van der Waals surface area contributed by atoms with Crippen LogP contribution in [0.4, 0.5) is 4.79 Å². The SMILES string of the molecule is C=C(CCNC(=O)COc1ccc(Cl)cc1)N1C[C@@H](c2ccc(Cl)cc2)N(C)C1=O. The van der Waals surface area contributed by atoms with E-state index in [0.717, 1.165) is 5.56 Å². The van der Waals surface area contributed by atoms with Crippen molar-refractivity contribution in [1.29, 1.82) is 0 Å². The number of nitrogens with one attached hydrogen (secondary N) is 1. The zero-order chi connectivity index (χ0) is 21.7. The van der Waals surface area contributed by atoms with E-state index >= 15 is 0 Å². The molecule has 0 aliphatic carbocycles. The molecule has 2 aromatic rings. The molecule has 0 aromatic heterocycles. The molecular weight excluding hydrogens is 425 g/mol.